The van der Waals surface area contributed by atoms with Gasteiger partial charge < -0.3 is 15.6 Å². The van der Waals surface area contributed by atoms with Crippen LogP contribution in [-0.4, -0.2) is 32.1 Å². The van der Waals surface area contributed by atoms with Crippen molar-refractivity contribution in [3.63, 3.8) is 0 Å². The first-order valence-corrected chi connectivity index (χ1v) is 9.56. The van der Waals surface area contributed by atoms with Gasteiger partial charge in [-0.15, -0.1) is 10.2 Å². The number of carbonyl (C=O) groups excluding carboxylic acids is 1. The van der Waals surface area contributed by atoms with Gasteiger partial charge in [-0.25, -0.2) is 4.68 Å². The summed E-state index contributed by atoms with van der Waals surface area (Å²) in [7, 11) is 0. The quantitative estimate of drug-likeness (QED) is 0.626. The Morgan fingerprint density at radius 2 is 2.24 bits per heavy atom. The summed E-state index contributed by atoms with van der Waals surface area (Å²) in [5.74, 6) is 8.19. The normalized spacial score (nSPS) is 24.8. The minimum atomic E-state index is -0.305. The number of nitrogens with one attached hydrogen (secondary N) is 1. The van der Waals surface area contributed by atoms with Crippen LogP contribution in [0.2, 0.25) is 0 Å². The molecule has 136 valence electrons. The van der Waals surface area contributed by atoms with Gasteiger partial charge in [0.25, 0.3) is 0 Å². The van der Waals surface area contributed by atoms with E-state index in [-0.39, 0.29) is 17.2 Å². The van der Waals surface area contributed by atoms with Gasteiger partial charge in [-0.1, -0.05) is 38.5 Å². The number of hydrogen-bond donors (Lipinski definition) is 2. The summed E-state index contributed by atoms with van der Waals surface area (Å²) in [6.45, 7) is 6.34. The number of aromatic nitrogens is 3. The Balaban J connectivity index is 1.62. The Morgan fingerprint density at radius 3 is 2.96 bits per heavy atom. The average molecular weight is 363 g/mol. The van der Waals surface area contributed by atoms with Crippen LogP contribution >= 0.6 is 11.8 Å². The zero-order valence-corrected chi connectivity index (χ0v) is 15.6. The van der Waals surface area contributed by atoms with Crippen LogP contribution in [0.5, 0.6) is 0 Å². The number of nitrogen functional groups attached to an aromatic ring is 1. The Kier molecular flexibility index (Phi) is 5.36. The summed E-state index contributed by atoms with van der Waals surface area (Å²) in [6.07, 6.45) is 5.01. The molecule has 0 bridgehead atoms. The molecule has 2 aromatic heterocycles. The highest BCUT2D eigenvalue weighted by Gasteiger charge is 2.30. The van der Waals surface area contributed by atoms with E-state index < -0.39 is 0 Å². The number of amides is 1. The maximum absolute atomic E-state index is 12.6. The Bertz CT molecular complexity index is 715. The maximum atomic E-state index is 12.6. The van der Waals surface area contributed by atoms with Gasteiger partial charge in [-0.2, -0.15) is 0 Å². The lowest BCUT2D eigenvalue weighted by Crippen LogP contribution is -2.46. The van der Waals surface area contributed by atoms with Crippen molar-refractivity contribution < 1.29 is 9.21 Å². The van der Waals surface area contributed by atoms with Crippen LogP contribution in [0.3, 0.4) is 0 Å². The second kappa shape index (κ2) is 7.51. The van der Waals surface area contributed by atoms with E-state index in [9.17, 15) is 4.79 Å². The van der Waals surface area contributed by atoms with Crippen molar-refractivity contribution in [1.82, 2.24) is 20.2 Å². The predicted octanol–water partition coefficient (Wildman–Crippen LogP) is 2.67. The van der Waals surface area contributed by atoms with Crippen LogP contribution in [-0.2, 0) is 4.79 Å². The van der Waals surface area contributed by atoms with Gasteiger partial charge in [0.15, 0.2) is 5.76 Å². The van der Waals surface area contributed by atoms with E-state index in [1.807, 2.05) is 6.92 Å². The Morgan fingerprint density at radius 1 is 1.44 bits per heavy atom. The van der Waals surface area contributed by atoms with E-state index >= 15 is 0 Å². The van der Waals surface area contributed by atoms with Crippen molar-refractivity contribution in [1.29, 1.82) is 0 Å². The highest BCUT2D eigenvalue weighted by Crippen LogP contribution is 2.30. The molecule has 25 heavy (non-hydrogen) atoms. The monoisotopic (exact) mass is 363 g/mol. The number of thioether (sulfide) groups is 1. The number of nitrogens with two attached hydrogens (primary N) is 1. The Labute approximate surface area is 151 Å². The number of furan rings is 1. The highest BCUT2D eigenvalue weighted by atomic mass is 32.2. The van der Waals surface area contributed by atoms with Gasteiger partial charge in [0, 0.05) is 6.04 Å². The average Bonchev–Trinajstić information content (AvgIpc) is 3.22. The SMILES string of the molecule is CC(Sc1nnc(-c2ccco2)n1N)C(=O)NC1CCCC(C)C1C. The summed E-state index contributed by atoms with van der Waals surface area (Å²) in [4.78, 5) is 12.6. The molecule has 0 spiro atoms. The molecular weight excluding hydrogens is 338 g/mol. The third kappa shape index (κ3) is 3.84. The summed E-state index contributed by atoms with van der Waals surface area (Å²) in [5, 5.41) is 11.5. The predicted molar refractivity (Wildman–Crippen MR) is 97.3 cm³/mol. The fraction of sp³-hybridized carbons (Fsp3) is 0.588. The van der Waals surface area contributed by atoms with Crippen molar-refractivity contribution in [2.45, 2.75) is 56.5 Å². The molecule has 1 saturated carbocycles. The molecule has 2 heterocycles. The lowest BCUT2D eigenvalue weighted by molar-refractivity contribution is -0.121. The molecule has 0 radical (unpaired) electrons. The second-order valence-electron chi connectivity index (χ2n) is 6.80. The first kappa shape index (κ1) is 17.8. The van der Waals surface area contributed by atoms with Crippen LogP contribution in [0.15, 0.2) is 28.0 Å². The van der Waals surface area contributed by atoms with Crippen molar-refractivity contribution in [3.05, 3.63) is 18.4 Å². The lowest BCUT2D eigenvalue weighted by Gasteiger charge is -2.35. The molecule has 4 unspecified atom stereocenters. The molecule has 2 aromatic rings. The van der Waals surface area contributed by atoms with Crippen LogP contribution in [0.25, 0.3) is 11.6 Å². The van der Waals surface area contributed by atoms with Gasteiger partial charge >= 0.3 is 0 Å². The third-order valence-electron chi connectivity index (χ3n) is 5.09. The van der Waals surface area contributed by atoms with Crippen molar-refractivity contribution in [2.24, 2.45) is 11.8 Å². The van der Waals surface area contributed by atoms with Gasteiger partial charge in [0.2, 0.25) is 16.9 Å². The molecule has 7 nitrogen and oxygen atoms in total. The van der Waals surface area contributed by atoms with E-state index in [2.05, 4.69) is 29.4 Å². The van der Waals surface area contributed by atoms with Crippen LogP contribution < -0.4 is 11.2 Å². The number of hydrogen-bond acceptors (Lipinski definition) is 6. The van der Waals surface area contributed by atoms with Crippen LogP contribution in [0.1, 0.15) is 40.0 Å². The highest BCUT2D eigenvalue weighted by molar-refractivity contribution is 8.00. The molecular formula is C17H25N5O2S. The molecule has 0 aliphatic heterocycles. The fourth-order valence-electron chi connectivity index (χ4n) is 3.23. The van der Waals surface area contributed by atoms with Gasteiger partial charge in [-0.05, 0) is 37.3 Å². The molecule has 1 aliphatic carbocycles. The van der Waals surface area contributed by atoms with Gasteiger partial charge in [-0.3, -0.25) is 4.79 Å². The van der Waals surface area contributed by atoms with Gasteiger partial charge in [0.1, 0.15) is 0 Å². The Hall–Kier alpha value is -1.96. The zero-order valence-electron chi connectivity index (χ0n) is 14.8. The zero-order chi connectivity index (χ0) is 18.0. The van der Waals surface area contributed by atoms with E-state index in [1.165, 1.54) is 29.3 Å². The number of nitrogens with zero attached hydrogens (tertiary/aromatic N) is 3. The van der Waals surface area contributed by atoms with Crippen LogP contribution in [0.4, 0.5) is 0 Å². The van der Waals surface area contributed by atoms with E-state index in [1.54, 1.807) is 18.4 Å². The first-order chi connectivity index (χ1) is 12.0. The lowest BCUT2D eigenvalue weighted by atomic mass is 9.78. The molecule has 0 aromatic carbocycles. The topological polar surface area (TPSA) is 99.0 Å². The van der Waals surface area contributed by atoms with Crippen molar-refractivity contribution >= 4 is 17.7 Å². The molecule has 0 saturated heterocycles. The van der Waals surface area contributed by atoms with E-state index in [0.717, 1.165) is 6.42 Å². The molecule has 3 rings (SSSR count). The summed E-state index contributed by atoms with van der Waals surface area (Å²) in [5.41, 5.74) is 0. The number of rotatable bonds is 5. The third-order valence-corrected chi connectivity index (χ3v) is 6.15. The van der Waals surface area contributed by atoms with Crippen molar-refractivity contribution in [2.75, 3.05) is 5.84 Å². The smallest absolute Gasteiger partial charge is 0.233 e. The minimum absolute atomic E-state index is 0.0125. The largest absolute Gasteiger partial charge is 0.461 e. The standard InChI is InChI=1S/C17H25N5O2S/c1-10-6-4-7-13(11(10)2)19-16(23)12(3)25-17-21-20-15(22(17)18)14-8-5-9-24-14/h5,8-13H,4,6-7,18H2,1-3H3,(H,19,23). The second-order valence-corrected chi connectivity index (χ2v) is 8.10. The first-order valence-electron chi connectivity index (χ1n) is 8.68. The number of carbonyl (C=O) groups is 1. The summed E-state index contributed by atoms with van der Waals surface area (Å²) < 4.78 is 6.66. The minimum Gasteiger partial charge on any atom is -0.461 e. The van der Waals surface area contributed by atoms with Crippen LogP contribution in [0, 0.1) is 11.8 Å². The molecule has 1 aliphatic rings. The molecule has 1 fully saturated rings. The fourth-order valence-corrected chi connectivity index (χ4v) is 4.01. The summed E-state index contributed by atoms with van der Waals surface area (Å²) >= 11 is 1.30. The molecule has 3 N–H and O–H groups in total. The molecule has 4 atom stereocenters. The molecule has 1 amide bonds. The van der Waals surface area contributed by atoms with E-state index in [4.69, 9.17) is 10.3 Å². The van der Waals surface area contributed by atoms with Crippen molar-refractivity contribution in [3.8, 4) is 11.6 Å². The molecule has 8 heteroatoms. The maximum Gasteiger partial charge on any atom is 0.233 e. The van der Waals surface area contributed by atoms with E-state index in [0.29, 0.717) is 28.6 Å². The van der Waals surface area contributed by atoms with Gasteiger partial charge in [0.05, 0.1) is 11.5 Å². The summed E-state index contributed by atoms with van der Waals surface area (Å²) in [6, 6.07) is 3.77.